The van der Waals surface area contributed by atoms with E-state index in [9.17, 15) is 0 Å². The zero-order valence-corrected chi connectivity index (χ0v) is 5.96. The molecule has 2 rings (SSSR count). The lowest BCUT2D eigenvalue weighted by Crippen LogP contribution is -2.18. The minimum Gasteiger partial charge on any atom is -0.0874 e. The Bertz CT molecular complexity index is 211. The fourth-order valence-electron chi connectivity index (χ4n) is 1.53. The Balaban J connectivity index is 2.23. The monoisotopic (exact) mass is 133 g/mol. The van der Waals surface area contributed by atoms with E-state index in [2.05, 4.69) is 23.2 Å². The van der Waals surface area contributed by atoms with Gasteiger partial charge in [0.1, 0.15) is 0 Å². The molecule has 10 heavy (non-hydrogen) atoms. The molecule has 0 aromatic rings. The number of rotatable bonds is 0. The van der Waals surface area contributed by atoms with Crippen molar-refractivity contribution in [3.8, 4) is 0 Å². The van der Waals surface area contributed by atoms with Crippen LogP contribution in [0.4, 0.5) is 0 Å². The molecule has 1 aliphatic heterocycles. The Morgan fingerprint density at radius 1 is 1.40 bits per heavy atom. The third kappa shape index (κ3) is 0.919. The van der Waals surface area contributed by atoms with Gasteiger partial charge in [0.15, 0.2) is 0 Å². The van der Waals surface area contributed by atoms with Crippen LogP contribution in [0.1, 0.15) is 12.8 Å². The first-order valence-electron chi connectivity index (χ1n) is 3.80. The molecule has 0 aromatic carbocycles. The maximum atomic E-state index is 4.23. The van der Waals surface area contributed by atoms with Crippen LogP contribution < -0.4 is 4.99 Å². The van der Waals surface area contributed by atoms with E-state index in [1.165, 1.54) is 6.42 Å². The van der Waals surface area contributed by atoms with Gasteiger partial charge < -0.3 is 0 Å². The van der Waals surface area contributed by atoms with Gasteiger partial charge in [0.25, 0.3) is 0 Å². The van der Waals surface area contributed by atoms with E-state index in [0.717, 1.165) is 18.9 Å². The van der Waals surface area contributed by atoms with Crippen molar-refractivity contribution in [2.45, 2.75) is 12.8 Å². The lowest BCUT2D eigenvalue weighted by atomic mass is 9.87. The molecular formula is C9H11N+. The standard InChI is InChI=1S/C9H11N/c1-2-4-9-7-10-6-5-8(9)3-1/h1-2,5-6,9H,3-4,7H2/q+1. The fraction of sp³-hybridized carbons (Fsp3) is 0.444. The number of aliphatic imine (C=N–C) groups is 1. The van der Waals surface area contributed by atoms with Crippen LogP contribution in [-0.2, 0) is 0 Å². The molecule has 0 saturated carbocycles. The molecule has 2 aliphatic rings. The molecule has 1 aliphatic carbocycles. The first kappa shape index (κ1) is 5.90. The normalized spacial score (nSPS) is 29.6. The van der Waals surface area contributed by atoms with Gasteiger partial charge in [-0.05, 0) is 12.8 Å². The molecular weight excluding hydrogens is 122 g/mol. The van der Waals surface area contributed by atoms with Gasteiger partial charge in [-0.15, -0.1) is 0 Å². The maximum Gasteiger partial charge on any atom is 0.234 e. The molecule has 1 heteroatoms. The van der Waals surface area contributed by atoms with Gasteiger partial charge in [-0.3, -0.25) is 0 Å². The van der Waals surface area contributed by atoms with Crippen molar-refractivity contribution in [2.24, 2.45) is 5.92 Å². The molecule has 0 saturated heterocycles. The zero-order chi connectivity index (χ0) is 6.81. The van der Waals surface area contributed by atoms with Crippen molar-refractivity contribution in [2.75, 3.05) is 6.54 Å². The van der Waals surface area contributed by atoms with E-state index in [1.54, 1.807) is 5.57 Å². The van der Waals surface area contributed by atoms with Crippen LogP contribution in [0.2, 0.25) is 0 Å². The minimum absolute atomic E-state index is 0.731. The predicted octanol–water partition coefficient (Wildman–Crippen LogP) is 1.30. The molecule has 1 atom stereocenters. The highest BCUT2D eigenvalue weighted by Gasteiger charge is 2.21. The summed E-state index contributed by atoms with van der Waals surface area (Å²) in [6, 6.07) is 0. The van der Waals surface area contributed by atoms with Crippen molar-refractivity contribution in [1.82, 2.24) is 4.99 Å². The van der Waals surface area contributed by atoms with Gasteiger partial charge in [-0.25, -0.2) is 0 Å². The van der Waals surface area contributed by atoms with Crippen molar-refractivity contribution in [3.63, 3.8) is 0 Å². The molecule has 1 heterocycles. The maximum absolute atomic E-state index is 4.23. The van der Waals surface area contributed by atoms with E-state index in [-0.39, 0.29) is 0 Å². The Hall–Kier alpha value is -0.850. The SMILES string of the molecule is C1=CCC2C[N+]=CC=C2C1. The number of hydrogen-bond acceptors (Lipinski definition) is 1. The topological polar surface area (TPSA) is 14.1 Å². The van der Waals surface area contributed by atoms with Gasteiger partial charge in [-0.1, -0.05) is 17.7 Å². The summed E-state index contributed by atoms with van der Waals surface area (Å²) in [6.07, 6.45) is 11.0. The number of allylic oxidation sites excluding steroid dienone is 3. The molecule has 0 amide bonds. The van der Waals surface area contributed by atoms with Crippen LogP contribution in [0.5, 0.6) is 0 Å². The molecule has 0 fully saturated rings. The lowest BCUT2D eigenvalue weighted by molar-refractivity contribution is 0.582. The van der Waals surface area contributed by atoms with E-state index < -0.39 is 0 Å². The first-order valence-corrected chi connectivity index (χ1v) is 3.80. The van der Waals surface area contributed by atoms with Crippen LogP contribution in [0.25, 0.3) is 0 Å². The van der Waals surface area contributed by atoms with Crippen LogP contribution in [0.15, 0.2) is 23.8 Å². The summed E-state index contributed by atoms with van der Waals surface area (Å²) in [5.74, 6) is 0.731. The minimum atomic E-state index is 0.731. The van der Waals surface area contributed by atoms with E-state index in [1.807, 2.05) is 6.21 Å². The van der Waals surface area contributed by atoms with Crippen LogP contribution >= 0.6 is 0 Å². The van der Waals surface area contributed by atoms with Crippen LogP contribution in [0.3, 0.4) is 0 Å². The van der Waals surface area contributed by atoms with Crippen LogP contribution in [-0.4, -0.2) is 12.8 Å². The smallest absolute Gasteiger partial charge is 0.0874 e. The summed E-state index contributed by atoms with van der Waals surface area (Å²) >= 11 is 0. The largest absolute Gasteiger partial charge is 0.234 e. The second kappa shape index (κ2) is 2.41. The molecule has 0 bridgehead atoms. The van der Waals surface area contributed by atoms with E-state index in [0.29, 0.717) is 0 Å². The number of fused-ring (bicyclic) bond motifs is 1. The lowest BCUT2D eigenvalue weighted by Gasteiger charge is -2.16. The average Bonchev–Trinajstić information content (AvgIpc) is 2.05. The number of dihydropyridines is 1. The second-order valence-electron chi connectivity index (χ2n) is 2.86. The number of nitrogens with zero attached hydrogens (tertiary/aromatic N) is 1. The predicted molar refractivity (Wildman–Crippen MR) is 43.0 cm³/mol. The Labute approximate surface area is 61.2 Å². The van der Waals surface area contributed by atoms with Gasteiger partial charge in [0.05, 0.1) is 0 Å². The van der Waals surface area contributed by atoms with Gasteiger partial charge >= 0.3 is 0 Å². The fourth-order valence-corrected chi connectivity index (χ4v) is 1.53. The van der Waals surface area contributed by atoms with Crippen molar-refractivity contribution >= 4 is 6.21 Å². The summed E-state index contributed by atoms with van der Waals surface area (Å²) < 4.78 is 0. The third-order valence-corrected chi connectivity index (χ3v) is 2.19. The molecule has 51 valence electrons. The Kier molecular flexibility index (Phi) is 1.42. The van der Waals surface area contributed by atoms with E-state index in [4.69, 9.17) is 0 Å². The van der Waals surface area contributed by atoms with Crippen molar-refractivity contribution in [1.29, 1.82) is 0 Å². The molecule has 0 aromatic heterocycles. The van der Waals surface area contributed by atoms with Gasteiger partial charge in [0, 0.05) is 17.0 Å². The highest BCUT2D eigenvalue weighted by atomic mass is 14.7. The number of hydrogen-bond donors (Lipinski definition) is 0. The molecule has 0 N–H and O–H groups in total. The summed E-state index contributed by atoms with van der Waals surface area (Å²) in [4.78, 5) is 4.23. The second-order valence-corrected chi connectivity index (χ2v) is 2.86. The average molecular weight is 133 g/mol. The quantitative estimate of drug-likeness (QED) is 0.442. The van der Waals surface area contributed by atoms with Crippen molar-refractivity contribution < 1.29 is 0 Å². The molecule has 1 nitrogen and oxygen atoms in total. The highest BCUT2D eigenvalue weighted by Crippen LogP contribution is 2.24. The molecule has 1 radical (unpaired) electrons. The van der Waals surface area contributed by atoms with Gasteiger partial charge in [-0.2, -0.15) is 0 Å². The third-order valence-electron chi connectivity index (χ3n) is 2.19. The van der Waals surface area contributed by atoms with Crippen LogP contribution in [0, 0.1) is 5.92 Å². The van der Waals surface area contributed by atoms with Crippen molar-refractivity contribution in [3.05, 3.63) is 23.8 Å². The summed E-state index contributed by atoms with van der Waals surface area (Å²) in [7, 11) is 0. The zero-order valence-electron chi connectivity index (χ0n) is 5.96. The Morgan fingerprint density at radius 2 is 2.40 bits per heavy atom. The van der Waals surface area contributed by atoms with Gasteiger partial charge in [0.2, 0.25) is 12.8 Å². The van der Waals surface area contributed by atoms with E-state index >= 15 is 0 Å². The first-order chi connectivity index (χ1) is 4.97. The summed E-state index contributed by atoms with van der Waals surface area (Å²) in [5.41, 5.74) is 1.57. The molecule has 0 spiro atoms. The molecule has 1 unspecified atom stereocenters. The Morgan fingerprint density at radius 3 is 3.30 bits per heavy atom. The summed E-state index contributed by atoms with van der Waals surface area (Å²) in [5, 5.41) is 0. The highest BCUT2D eigenvalue weighted by molar-refractivity contribution is 5.72. The summed E-state index contributed by atoms with van der Waals surface area (Å²) in [6.45, 7) is 1.01.